The summed E-state index contributed by atoms with van der Waals surface area (Å²) in [5.41, 5.74) is 1.80. The van der Waals surface area contributed by atoms with Crippen molar-refractivity contribution < 1.29 is 14.5 Å². The molecule has 0 saturated carbocycles. The smallest absolute Gasteiger partial charge is 0.408 e. The number of nitro groups is 1. The highest BCUT2D eigenvalue weighted by Gasteiger charge is 2.23. The third-order valence-corrected chi connectivity index (χ3v) is 4.28. The van der Waals surface area contributed by atoms with Crippen LogP contribution in [-0.2, 0) is 11.2 Å². The van der Waals surface area contributed by atoms with Gasteiger partial charge in [0.2, 0.25) is 0 Å². The number of non-ortho nitro benzene ring substituents is 1. The van der Waals surface area contributed by atoms with Crippen molar-refractivity contribution in [1.82, 2.24) is 15.3 Å². The average Bonchev–Trinajstić information content (AvgIpc) is 3.17. The molecule has 0 bridgehead atoms. The highest BCUT2D eigenvalue weighted by molar-refractivity contribution is 5.68. The molecule has 0 aliphatic heterocycles. The van der Waals surface area contributed by atoms with E-state index in [2.05, 4.69) is 15.3 Å². The minimum atomic E-state index is -0.617. The third-order valence-electron chi connectivity index (χ3n) is 4.28. The quantitative estimate of drug-likeness (QED) is 0.450. The van der Waals surface area contributed by atoms with Crippen molar-refractivity contribution in [2.45, 2.75) is 38.8 Å². The van der Waals surface area contributed by atoms with E-state index in [-0.39, 0.29) is 5.69 Å². The molecule has 0 spiro atoms. The second-order valence-corrected chi connectivity index (χ2v) is 7.86. The van der Waals surface area contributed by atoms with E-state index in [1.807, 2.05) is 30.3 Å². The number of hydrogen-bond donors (Lipinski definition) is 2. The number of amides is 1. The zero-order chi connectivity index (χ0) is 21.7. The Bertz CT molecular complexity index is 1010. The lowest BCUT2D eigenvalue weighted by Crippen LogP contribution is -2.36. The van der Waals surface area contributed by atoms with E-state index in [1.54, 1.807) is 39.1 Å². The van der Waals surface area contributed by atoms with Crippen LogP contribution in [0.15, 0.2) is 60.8 Å². The molecular weight excluding hydrogens is 384 g/mol. The van der Waals surface area contributed by atoms with Crippen molar-refractivity contribution in [2.24, 2.45) is 0 Å². The molecule has 1 unspecified atom stereocenters. The van der Waals surface area contributed by atoms with Gasteiger partial charge in [-0.15, -0.1) is 0 Å². The highest BCUT2D eigenvalue weighted by atomic mass is 16.6. The molecule has 3 aromatic rings. The van der Waals surface area contributed by atoms with Gasteiger partial charge in [0.1, 0.15) is 11.4 Å². The Labute approximate surface area is 174 Å². The number of aromatic amines is 1. The van der Waals surface area contributed by atoms with E-state index in [1.165, 1.54) is 12.1 Å². The van der Waals surface area contributed by atoms with Crippen LogP contribution in [0.5, 0.6) is 0 Å². The number of rotatable bonds is 6. The summed E-state index contributed by atoms with van der Waals surface area (Å²) in [6.45, 7) is 5.41. The fourth-order valence-corrected chi connectivity index (χ4v) is 2.93. The number of aromatic nitrogens is 2. The number of alkyl carbamates (subject to hydrolysis) is 1. The number of carbonyl (C=O) groups excluding carboxylic acids is 1. The lowest BCUT2D eigenvalue weighted by Gasteiger charge is -2.23. The Morgan fingerprint density at radius 3 is 2.43 bits per heavy atom. The molecule has 0 fully saturated rings. The molecule has 8 heteroatoms. The molecule has 0 radical (unpaired) electrons. The number of ether oxygens (including phenoxy) is 1. The maximum atomic E-state index is 12.4. The number of nitrogens with one attached hydrogen (secondary N) is 2. The van der Waals surface area contributed by atoms with Gasteiger partial charge in [-0.1, -0.05) is 30.3 Å². The lowest BCUT2D eigenvalue weighted by molar-refractivity contribution is -0.384. The van der Waals surface area contributed by atoms with E-state index in [0.717, 1.165) is 11.1 Å². The first kappa shape index (κ1) is 21.0. The molecule has 2 N–H and O–H groups in total. The molecule has 0 aliphatic rings. The predicted octanol–water partition coefficient (Wildman–Crippen LogP) is 4.79. The van der Waals surface area contributed by atoms with Crippen LogP contribution in [0.1, 0.15) is 38.2 Å². The van der Waals surface area contributed by atoms with Crippen LogP contribution >= 0.6 is 0 Å². The second kappa shape index (κ2) is 8.77. The molecule has 30 heavy (non-hydrogen) atoms. The first-order valence-corrected chi connectivity index (χ1v) is 9.55. The zero-order valence-corrected chi connectivity index (χ0v) is 17.1. The molecule has 1 atom stereocenters. The molecule has 8 nitrogen and oxygen atoms in total. The first-order valence-electron chi connectivity index (χ1n) is 9.55. The summed E-state index contributed by atoms with van der Waals surface area (Å²) in [7, 11) is 0. The number of benzene rings is 2. The number of nitro benzene ring substituents is 1. The van der Waals surface area contributed by atoms with Gasteiger partial charge in [-0.3, -0.25) is 10.1 Å². The summed E-state index contributed by atoms with van der Waals surface area (Å²) < 4.78 is 5.40. The summed E-state index contributed by atoms with van der Waals surface area (Å²) in [5, 5.41) is 13.7. The molecule has 2 aromatic carbocycles. The van der Waals surface area contributed by atoms with Crippen molar-refractivity contribution in [3.63, 3.8) is 0 Å². The van der Waals surface area contributed by atoms with Gasteiger partial charge < -0.3 is 15.0 Å². The molecule has 0 saturated heterocycles. The van der Waals surface area contributed by atoms with E-state index in [9.17, 15) is 14.9 Å². The fourth-order valence-electron chi connectivity index (χ4n) is 2.93. The minimum Gasteiger partial charge on any atom is -0.444 e. The monoisotopic (exact) mass is 408 g/mol. The van der Waals surface area contributed by atoms with Crippen molar-refractivity contribution in [1.29, 1.82) is 0 Å². The van der Waals surface area contributed by atoms with E-state index in [0.29, 0.717) is 17.9 Å². The average molecular weight is 408 g/mol. The van der Waals surface area contributed by atoms with Crippen LogP contribution in [0.2, 0.25) is 0 Å². The summed E-state index contributed by atoms with van der Waals surface area (Å²) >= 11 is 0. The van der Waals surface area contributed by atoms with Crippen LogP contribution in [0.4, 0.5) is 10.5 Å². The Kier molecular flexibility index (Phi) is 6.15. The molecule has 1 heterocycles. The Balaban J connectivity index is 1.84. The second-order valence-electron chi connectivity index (χ2n) is 7.86. The number of imidazole rings is 1. The topological polar surface area (TPSA) is 110 Å². The van der Waals surface area contributed by atoms with Gasteiger partial charge in [-0.25, -0.2) is 9.78 Å². The summed E-state index contributed by atoms with van der Waals surface area (Å²) in [4.78, 5) is 30.5. The number of nitrogens with zero attached hydrogens (tertiary/aromatic N) is 2. The highest BCUT2D eigenvalue weighted by Crippen LogP contribution is 2.24. The molecule has 0 aliphatic carbocycles. The summed E-state index contributed by atoms with van der Waals surface area (Å²) in [6.07, 6.45) is 1.70. The van der Waals surface area contributed by atoms with Gasteiger partial charge in [-0.2, -0.15) is 0 Å². The van der Waals surface area contributed by atoms with Crippen LogP contribution < -0.4 is 5.32 Å². The lowest BCUT2D eigenvalue weighted by atomic mass is 10.1. The van der Waals surface area contributed by atoms with Gasteiger partial charge in [0.15, 0.2) is 0 Å². The van der Waals surface area contributed by atoms with Gasteiger partial charge in [-0.05, 0) is 38.5 Å². The Hall–Kier alpha value is -3.68. The molecular formula is C22H24N4O4. The number of hydrogen-bond acceptors (Lipinski definition) is 5. The van der Waals surface area contributed by atoms with Crippen molar-refractivity contribution in [3.8, 4) is 11.3 Å². The van der Waals surface area contributed by atoms with Gasteiger partial charge >= 0.3 is 6.09 Å². The number of carbonyl (C=O) groups is 1. The minimum absolute atomic E-state index is 0.0167. The van der Waals surface area contributed by atoms with Crippen LogP contribution in [0.3, 0.4) is 0 Å². The molecule has 3 rings (SSSR count). The Morgan fingerprint density at radius 1 is 1.17 bits per heavy atom. The van der Waals surface area contributed by atoms with E-state index in [4.69, 9.17) is 4.74 Å². The van der Waals surface area contributed by atoms with Crippen LogP contribution in [0, 0.1) is 10.1 Å². The SMILES string of the molecule is CC(C)(C)OC(=O)NC(Cc1ccccc1)c1nc(-c2ccc([N+](=O)[O-])cc2)c[nH]1. The largest absolute Gasteiger partial charge is 0.444 e. The molecule has 1 aromatic heterocycles. The first-order chi connectivity index (χ1) is 14.2. The van der Waals surface area contributed by atoms with E-state index >= 15 is 0 Å². The van der Waals surface area contributed by atoms with Gasteiger partial charge in [0.25, 0.3) is 5.69 Å². The van der Waals surface area contributed by atoms with E-state index < -0.39 is 22.7 Å². The fraction of sp³-hybridized carbons (Fsp3) is 0.273. The van der Waals surface area contributed by atoms with Gasteiger partial charge in [0.05, 0.1) is 16.7 Å². The van der Waals surface area contributed by atoms with Crippen LogP contribution in [0.25, 0.3) is 11.3 Å². The van der Waals surface area contributed by atoms with Crippen molar-refractivity contribution in [2.75, 3.05) is 0 Å². The zero-order valence-electron chi connectivity index (χ0n) is 17.1. The summed E-state index contributed by atoms with van der Waals surface area (Å²) in [5.74, 6) is 0.568. The standard InChI is InChI=1S/C22H24N4O4/c1-22(2,3)30-21(27)25-18(13-15-7-5-4-6-8-15)20-23-14-19(24-20)16-9-11-17(12-10-16)26(28)29/h4-12,14,18H,13H2,1-3H3,(H,23,24)(H,25,27). The van der Waals surface area contributed by atoms with Crippen molar-refractivity contribution >= 4 is 11.8 Å². The third kappa shape index (κ3) is 5.66. The summed E-state index contributed by atoms with van der Waals surface area (Å²) in [6, 6.07) is 15.5. The normalized spacial score (nSPS) is 12.2. The van der Waals surface area contributed by atoms with Crippen LogP contribution in [-0.4, -0.2) is 26.6 Å². The Morgan fingerprint density at radius 2 is 1.83 bits per heavy atom. The maximum Gasteiger partial charge on any atom is 0.408 e. The maximum absolute atomic E-state index is 12.4. The molecule has 1 amide bonds. The molecule has 156 valence electrons. The van der Waals surface area contributed by atoms with Gasteiger partial charge in [0, 0.05) is 30.3 Å². The predicted molar refractivity (Wildman–Crippen MR) is 113 cm³/mol. The number of H-pyrrole nitrogens is 1. The van der Waals surface area contributed by atoms with Crippen molar-refractivity contribution in [3.05, 3.63) is 82.3 Å².